The number of hydrogen-bond donors (Lipinski definition) is 2. The molecule has 0 spiro atoms. The van der Waals surface area contributed by atoms with Crippen LogP contribution in [0.5, 0.6) is 5.75 Å². The van der Waals surface area contributed by atoms with E-state index in [0.29, 0.717) is 0 Å². The first-order valence-electron chi connectivity index (χ1n) is 7.82. The predicted octanol–water partition coefficient (Wildman–Crippen LogP) is 3.19. The molecular formula is C16H23F3N2O2. The molecule has 1 atom stereocenters. The number of hydrogen-bond acceptors (Lipinski definition) is 4. The quantitative estimate of drug-likeness (QED) is 0.889. The van der Waals surface area contributed by atoms with E-state index in [9.17, 15) is 13.2 Å². The van der Waals surface area contributed by atoms with Crippen molar-refractivity contribution in [1.29, 1.82) is 0 Å². The number of halogens is 3. The van der Waals surface area contributed by atoms with Gasteiger partial charge in [-0.3, -0.25) is 0 Å². The zero-order valence-corrected chi connectivity index (χ0v) is 13.2. The molecule has 4 nitrogen and oxygen atoms in total. The first-order valence-corrected chi connectivity index (χ1v) is 7.82. The topological polar surface area (TPSA) is 44.7 Å². The number of rotatable bonds is 4. The second kappa shape index (κ2) is 7.88. The van der Waals surface area contributed by atoms with Crippen LogP contribution in [0.3, 0.4) is 0 Å². The Bertz CT molecular complexity index is 503. The van der Waals surface area contributed by atoms with Gasteiger partial charge >= 0.3 is 6.36 Å². The zero-order chi connectivity index (χ0) is 16.9. The van der Waals surface area contributed by atoms with Crippen molar-refractivity contribution < 1.29 is 23.0 Å². The van der Waals surface area contributed by atoms with Gasteiger partial charge in [0.2, 0.25) is 0 Å². The maximum absolute atomic E-state index is 12.3. The van der Waals surface area contributed by atoms with Crippen molar-refractivity contribution in [2.75, 3.05) is 38.6 Å². The Labute approximate surface area is 134 Å². The third-order valence-electron chi connectivity index (χ3n) is 4.23. The minimum absolute atomic E-state index is 0.129. The number of aliphatic hydroxyl groups is 1. The summed E-state index contributed by atoms with van der Waals surface area (Å²) in [7, 11) is 1.00. The third kappa shape index (κ3) is 5.00. The molecule has 0 amide bonds. The van der Waals surface area contributed by atoms with Crippen molar-refractivity contribution in [3.63, 3.8) is 0 Å². The lowest BCUT2D eigenvalue weighted by Gasteiger charge is -2.18. The number of nitrogens with one attached hydrogen (secondary N) is 1. The van der Waals surface area contributed by atoms with Crippen molar-refractivity contribution in [1.82, 2.24) is 4.90 Å². The van der Waals surface area contributed by atoms with Crippen molar-refractivity contribution >= 4 is 5.69 Å². The molecule has 2 heterocycles. The van der Waals surface area contributed by atoms with Crippen LogP contribution in [0.25, 0.3) is 0 Å². The number of alkyl halides is 3. The molecule has 2 N–H and O–H groups in total. The Hall–Kier alpha value is -1.47. The molecular weight excluding hydrogens is 309 g/mol. The van der Waals surface area contributed by atoms with Crippen molar-refractivity contribution in [3.8, 4) is 5.75 Å². The molecule has 1 fully saturated rings. The maximum atomic E-state index is 12.3. The molecule has 2 aliphatic rings. The molecule has 1 unspecified atom stereocenters. The normalized spacial score (nSPS) is 20.5. The van der Waals surface area contributed by atoms with Crippen LogP contribution in [-0.2, 0) is 0 Å². The van der Waals surface area contributed by atoms with Crippen LogP contribution in [0.1, 0.15) is 30.7 Å². The van der Waals surface area contributed by atoms with Gasteiger partial charge in [0, 0.05) is 25.3 Å². The number of nitrogens with zero attached hydrogens (tertiary/aromatic N) is 1. The first kappa shape index (κ1) is 17.9. The van der Waals surface area contributed by atoms with Gasteiger partial charge in [0.25, 0.3) is 0 Å². The largest absolute Gasteiger partial charge is 0.573 e. The molecule has 2 aliphatic heterocycles. The van der Waals surface area contributed by atoms with E-state index in [4.69, 9.17) is 5.11 Å². The van der Waals surface area contributed by atoms with Crippen LogP contribution in [0.2, 0.25) is 0 Å². The van der Waals surface area contributed by atoms with Gasteiger partial charge < -0.3 is 20.1 Å². The molecule has 0 aliphatic carbocycles. The molecule has 1 saturated heterocycles. The second-order valence-electron chi connectivity index (χ2n) is 5.71. The summed E-state index contributed by atoms with van der Waals surface area (Å²) in [6.07, 6.45) is -1.16. The molecule has 0 aromatic heterocycles. The minimum Gasteiger partial charge on any atom is -0.406 e. The molecule has 1 aromatic carbocycles. The van der Waals surface area contributed by atoms with E-state index in [-0.39, 0.29) is 11.7 Å². The van der Waals surface area contributed by atoms with Crippen LogP contribution in [-0.4, -0.2) is 49.7 Å². The Balaban J connectivity index is 0.000000924. The lowest BCUT2D eigenvalue weighted by Crippen LogP contribution is -2.22. The van der Waals surface area contributed by atoms with Crippen LogP contribution in [0.4, 0.5) is 18.9 Å². The minimum atomic E-state index is -4.63. The molecule has 3 rings (SSSR count). The molecule has 0 saturated carbocycles. The first-order chi connectivity index (χ1) is 11.0. The van der Waals surface area contributed by atoms with Gasteiger partial charge in [0.15, 0.2) is 0 Å². The van der Waals surface area contributed by atoms with E-state index >= 15 is 0 Å². The van der Waals surface area contributed by atoms with Crippen LogP contribution >= 0.6 is 0 Å². The van der Waals surface area contributed by atoms with Crippen LogP contribution < -0.4 is 10.1 Å². The lowest BCUT2D eigenvalue weighted by molar-refractivity contribution is -0.274. The van der Waals surface area contributed by atoms with Gasteiger partial charge in [0.1, 0.15) is 5.75 Å². The van der Waals surface area contributed by atoms with E-state index < -0.39 is 6.36 Å². The van der Waals surface area contributed by atoms with Gasteiger partial charge in [-0.1, -0.05) is 0 Å². The summed E-state index contributed by atoms with van der Waals surface area (Å²) in [5.74, 6) is 0.133. The summed E-state index contributed by atoms with van der Waals surface area (Å²) in [5.41, 5.74) is 1.87. The Morgan fingerprint density at radius 3 is 2.61 bits per heavy atom. The van der Waals surface area contributed by atoms with E-state index in [0.717, 1.165) is 51.0 Å². The predicted molar refractivity (Wildman–Crippen MR) is 82.8 cm³/mol. The van der Waals surface area contributed by atoms with E-state index in [1.54, 1.807) is 6.07 Å². The molecule has 7 heteroatoms. The summed E-state index contributed by atoms with van der Waals surface area (Å²) < 4.78 is 40.9. The van der Waals surface area contributed by atoms with Crippen LogP contribution in [0, 0.1) is 0 Å². The molecule has 0 bridgehead atoms. The fraction of sp³-hybridized carbons (Fsp3) is 0.625. The summed E-state index contributed by atoms with van der Waals surface area (Å²) >= 11 is 0. The van der Waals surface area contributed by atoms with Gasteiger partial charge in [0.05, 0.1) is 0 Å². The monoisotopic (exact) mass is 332 g/mol. The van der Waals surface area contributed by atoms with E-state index in [1.807, 2.05) is 0 Å². The van der Waals surface area contributed by atoms with E-state index in [1.165, 1.54) is 25.0 Å². The van der Waals surface area contributed by atoms with E-state index in [2.05, 4.69) is 15.0 Å². The highest BCUT2D eigenvalue weighted by Gasteiger charge is 2.32. The highest BCUT2D eigenvalue weighted by molar-refractivity contribution is 5.60. The van der Waals surface area contributed by atoms with Gasteiger partial charge in [-0.25, -0.2) is 0 Å². The zero-order valence-electron chi connectivity index (χ0n) is 13.2. The number of anilines is 1. The van der Waals surface area contributed by atoms with Crippen molar-refractivity contribution in [2.45, 2.75) is 31.5 Å². The highest BCUT2D eigenvalue weighted by Crippen LogP contribution is 2.37. The Kier molecular flexibility index (Phi) is 6.12. The SMILES string of the molecule is CO.FC(F)(F)Oc1ccc2c(c1)C(CCN1CCCC1)CN2. The summed E-state index contributed by atoms with van der Waals surface area (Å²) in [6, 6.07) is 4.56. The Morgan fingerprint density at radius 1 is 1.26 bits per heavy atom. The summed E-state index contributed by atoms with van der Waals surface area (Å²) in [5, 5.41) is 10.3. The van der Waals surface area contributed by atoms with Crippen molar-refractivity contribution in [3.05, 3.63) is 23.8 Å². The average Bonchev–Trinajstić information content (AvgIpc) is 3.14. The highest BCUT2D eigenvalue weighted by atomic mass is 19.4. The smallest absolute Gasteiger partial charge is 0.406 e. The van der Waals surface area contributed by atoms with Crippen LogP contribution in [0.15, 0.2) is 18.2 Å². The molecule has 1 aromatic rings. The summed E-state index contributed by atoms with van der Waals surface area (Å²) in [6.45, 7) is 4.09. The van der Waals surface area contributed by atoms with Gasteiger partial charge in [-0.15, -0.1) is 13.2 Å². The maximum Gasteiger partial charge on any atom is 0.573 e. The number of aliphatic hydroxyl groups excluding tert-OH is 1. The fourth-order valence-corrected chi connectivity index (χ4v) is 3.18. The number of ether oxygens (including phenoxy) is 1. The second-order valence-corrected chi connectivity index (χ2v) is 5.71. The molecule has 0 radical (unpaired) electrons. The number of fused-ring (bicyclic) bond motifs is 1. The average molecular weight is 332 g/mol. The summed E-state index contributed by atoms with van der Waals surface area (Å²) in [4.78, 5) is 2.42. The molecule has 130 valence electrons. The third-order valence-corrected chi connectivity index (χ3v) is 4.23. The van der Waals surface area contributed by atoms with Gasteiger partial charge in [-0.05, 0) is 62.7 Å². The van der Waals surface area contributed by atoms with Gasteiger partial charge in [-0.2, -0.15) is 0 Å². The van der Waals surface area contributed by atoms with Crippen molar-refractivity contribution in [2.24, 2.45) is 0 Å². The Morgan fingerprint density at radius 2 is 1.96 bits per heavy atom. The number of likely N-dealkylation sites (tertiary alicyclic amines) is 1. The fourth-order valence-electron chi connectivity index (χ4n) is 3.18. The molecule has 23 heavy (non-hydrogen) atoms. The number of benzene rings is 1. The standard InChI is InChI=1S/C15H19F3N2O.CH4O/c16-15(17,18)21-12-3-4-14-13(9-12)11(10-19-14)5-8-20-6-1-2-7-20;1-2/h3-4,9,11,19H,1-2,5-8,10H2;2H,1H3. The lowest BCUT2D eigenvalue weighted by atomic mass is 9.97.